The van der Waals surface area contributed by atoms with Crippen LogP contribution in [0, 0.1) is 5.41 Å². The van der Waals surface area contributed by atoms with Crippen LogP contribution in [-0.2, 0) is 0 Å². The first kappa shape index (κ1) is 11.4. The van der Waals surface area contributed by atoms with E-state index >= 15 is 0 Å². The Morgan fingerprint density at radius 1 is 1.18 bits per heavy atom. The molecule has 0 N–H and O–H groups in total. The fourth-order valence-electron chi connectivity index (χ4n) is 1.16. The Balaban J connectivity index is 3.43. The molecule has 0 aromatic rings. The van der Waals surface area contributed by atoms with Crippen LogP contribution >= 0.6 is 11.8 Å². The molecule has 0 spiro atoms. The molecule has 0 aromatic carbocycles. The smallest absolute Gasteiger partial charge is 0.00652 e. The van der Waals surface area contributed by atoms with E-state index in [9.17, 15) is 0 Å². The number of thioether (sulfide) groups is 1. The van der Waals surface area contributed by atoms with Gasteiger partial charge in [0.2, 0.25) is 0 Å². The third kappa shape index (κ3) is 6.74. The van der Waals surface area contributed by atoms with Gasteiger partial charge in [-0.1, -0.05) is 33.6 Å². The lowest BCUT2D eigenvalue weighted by Crippen LogP contribution is -2.11. The minimum atomic E-state index is 0.582. The molecule has 0 nitrogen and oxygen atoms in total. The molecule has 0 saturated carbocycles. The molecule has 0 amide bonds. The Hall–Kier alpha value is 0.350. The molecule has 0 aliphatic carbocycles. The molecule has 0 aliphatic heterocycles. The maximum absolute atomic E-state index is 2.39. The summed E-state index contributed by atoms with van der Waals surface area (Å²) in [6, 6.07) is 0. The fourth-order valence-corrected chi connectivity index (χ4v) is 1.92. The fraction of sp³-hybridized carbons (Fsp3) is 1.00. The molecule has 0 saturated heterocycles. The van der Waals surface area contributed by atoms with Gasteiger partial charge in [-0.25, -0.2) is 0 Å². The third-order valence-electron chi connectivity index (χ3n) is 2.19. The maximum atomic E-state index is 2.39. The number of rotatable bonds is 6. The second-order valence-corrected chi connectivity index (χ2v) is 5.00. The van der Waals surface area contributed by atoms with Gasteiger partial charge in [0, 0.05) is 0 Å². The first-order chi connectivity index (χ1) is 5.12. The molecule has 0 atom stereocenters. The standard InChI is InChI=1S/C10H22S/c1-5-6-7-10(2,3)8-9-11-4/h5-9H2,1-4H3. The molecule has 0 aliphatic rings. The van der Waals surface area contributed by atoms with E-state index in [0.29, 0.717) is 5.41 Å². The Morgan fingerprint density at radius 3 is 2.27 bits per heavy atom. The molecule has 0 unspecified atom stereocenters. The van der Waals surface area contributed by atoms with Crippen LogP contribution in [0.15, 0.2) is 0 Å². The predicted molar refractivity (Wildman–Crippen MR) is 56.3 cm³/mol. The average Bonchev–Trinajstić information content (AvgIpc) is 1.97. The predicted octanol–water partition coefficient (Wildman–Crippen LogP) is 3.96. The van der Waals surface area contributed by atoms with E-state index in [0.717, 1.165) is 0 Å². The van der Waals surface area contributed by atoms with Gasteiger partial charge in [0.15, 0.2) is 0 Å². The van der Waals surface area contributed by atoms with E-state index in [4.69, 9.17) is 0 Å². The van der Waals surface area contributed by atoms with Gasteiger partial charge in [-0.2, -0.15) is 11.8 Å². The van der Waals surface area contributed by atoms with Crippen LogP contribution in [0.4, 0.5) is 0 Å². The molecule has 0 bridgehead atoms. The molecule has 0 rings (SSSR count). The van der Waals surface area contributed by atoms with Gasteiger partial charge in [-0.05, 0) is 30.3 Å². The molecule has 0 heterocycles. The second-order valence-electron chi connectivity index (χ2n) is 4.01. The highest BCUT2D eigenvalue weighted by atomic mass is 32.2. The summed E-state index contributed by atoms with van der Waals surface area (Å²) in [5.74, 6) is 1.32. The summed E-state index contributed by atoms with van der Waals surface area (Å²) in [5, 5.41) is 0. The zero-order valence-electron chi connectivity index (χ0n) is 8.44. The quantitative estimate of drug-likeness (QED) is 0.587. The first-order valence-corrected chi connectivity index (χ1v) is 6.00. The van der Waals surface area contributed by atoms with Crippen molar-refractivity contribution >= 4 is 11.8 Å². The molecule has 0 aromatic heterocycles. The van der Waals surface area contributed by atoms with Gasteiger partial charge in [-0.15, -0.1) is 0 Å². The Bertz CT molecular complexity index is 76.9. The zero-order chi connectivity index (χ0) is 8.74. The van der Waals surface area contributed by atoms with Crippen LogP contribution in [0.2, 0.25) is 0 Å². The number of hydrogen-bond donors (Lipinski definition) is 0. The lowest BCUT2D eigenvalue weighted by atomic mass is 9.85. The van der Waals surface area contributed by atoms with Crippen molar-refractivity contribution in [3.63, 3.8) is 0 Å². The average molecular weight is 174 g/mol. The van der Waals surface area contributed by atoms with Crippen molar-refractivity contribution in [2.45, 2.75) is 46.5 Å². The van der Waals surface area contributed by atoms with Crippen molar-refractivity contribution in [1.29, 1.82) is 0 Å². The third-order valence-corrected chi connectivity index (χ3v) is 2.80. The van der Waals surface area contributed by atoms with Gasteiger partial charge in [0.25, 0.3) is 0 Å². The molecular weight excluding hydrogens is 152 g/mol. The van der Waals surface area contributed by atoms with Crippen molar-refractivity contribution in [2.24, 2.45) is 5.41 Å². The van der Waals surface area contributed by atoms with Crippen molar-refractivity contribution in [3.05, 3.63) is 0 Å². The van der Waals surface area contributed by atoms with E-state index < -0.39 is 0 Å². The summed E-state index contributed by atoms with van der Waals surface area (Å²) in [4.78, 5) is 0. The van der Waals surface area contributed by atoms with Crippen LogP contribution < -0.4 is 0 Å². The maximum Gasteiger partial charge on any atom is -0.00652 e. The highest BCUT2D eigenvalue weighted by Crippen LogP contribution is 2.28. The summed E-state index contributed by atoms with van der Waals surface area (Å²) < 4.78 is 0. The molecular formula is C10H22S. The monoisotopic (exact) mass is 174 g/mol. The lowest BCUT2D eigenvalue weighted by molar-refractivity contribution is 0.314. The van der Waals surface area contributed by atoms with Gasteiger partial charge in [0.05, 0.1) is 0 Å². The van der Waals surface area contributed by atoms with E-state index in [1.54, 1.807) is 0 Å². The topological polar surface area (TPSA) is 0 Å². The molecule has 0 radical (unpaired) electrons. The Kier molecular flexibility index (Phi) is 6.12. The SMILES string of the molecule is CCCCC(C)(C)CCSC. The summed E-state index contributed by atoms with van der Waals surface area (Å²) >= 11 is 1.96. The first-order valence-electron chi connectivity index (χ1n) is 4.61. The highest BCUT2D eigenvalue weighted by Gasteiger charge is 2.15. The van der Waals surface area contributed by atoms with Crippen molar-refractivity contribution in [3.8, 4) is 0 Å². The normalized spacial score (nSPS) is 12.0. The van der Waals surface area contributed by atoms with Gasteiger partial charge >= 0.3 is 0 Å². The van der Waals surface area contributed by atoms with E-state index in [-0.39, 0.29) is 0 Å². The Labute approximate surface area is 76.1 Å². The lowest BCUT2D eigenvalue weighted by Gasteiger charge is -2.23. The van der Waals surface area contributed by atoms with Crippen LogP contribution in [0.1, 0.15) is 46.5 Å². The van der Waals surface area contributed by atoms with E-state index in [2.05, 4.69) is 27.0 Å². The van der Waals surface area contributed by atoms with Gasteiger partial charge in [-0.3, -0.25) is 0 Å². The summed E-state index contributed by atoms with van der Waals surface area (Å²) in [5.41, 5.74) is 0.582. The second kappa shape index (κ2) is 5.93. The van der Waals surface area contributed by atoms with Crippen molar-refractivity contribution in [2.75, 3.05) is 12.0 Å². The summed E-state index contributed by atoms with van der Waals surface area (Å²) in [6.07, 6.45) is 7.68. The minimum Gasteiger partial charge on any atom is -0.165 e. The van der Waals surface area contributed by atoms with Crippen molar-refractivity contribution < 1.29 is 0 Å². The molecule has 1 heteroatoms. The zero-order valence-corrected chi connectivity index (χ0v) is 9.26. The van der Waals surface area contributed by atoms with Crippen molar-refractivity contribution in [1.82, 2.24) is 0 Å². The van der Waals surface area contributed by atoms with Crippen LogP contribution in [0.5, 0.6) is 0 Å². The van der Waals surface area contributed by atoms with E-state index in [1.165, 1.54) is 31.4 Å². The summed E-state index contributed by atoms with van der Waals surface area (Å²) in [7, 11) is 0. The highest BCUT2D eigenvalue weighted by molar-refractivity contribution is 7.98. The van der Waals surface area contributed by atoms with Crippen LogP contribution in [0.25, 0.3) is 0 Å². The Morgan fingerprint density at radius 2 is 1.82 bits per heavy atom. The molecule has 11 heavy (non-hydrogen) atoms. The molecule has 68 valence electrons. The van der Waals surface area contributed by atoms with Gasteiger partial charge < -0.3 is 0 Å². The summed E-state index contributed by atoms with van der Waals surface area (Å²) in [6.45, 7) is 7.04. The van der Waals surface area contributed by atoms with Crippen LogP contribution in [0.3, 0.4) is 0 Å². The van der Waals surface area contributed by atoms with Crippen LogP contribution in [-0.4, -0.2) is 12.0 Å². The largest absolute Gasteiger partial charge is 0.165 e. The minimum absolute atomic E-state index is 0.582. The van der Waals surface area contributed by atoms with E-state index in [1.807, 2.05) is 11.8 Å². The van der Waals surface area contributed by atoms with Gasteiger partial charge in [0.1, 0.15) is 0 Å². The number of hydrogen-bond acceptors (Lipinski definition) is 1. The number of unbranched alkanes of at least 4 members (excludes halogenated alkanes) is 1. The molecule has 0 fully saturated rings.